The summed E-state index contributed by atoms with van der Waals surface area (Å²) in [6, 6.07) is 6.10. The topological polar surface area (TPSA) is 69.6 Å². The highest BCUT2D eigenvalue weighted by atomic mass is 16.4. The molecule has 1 rings (SSSR count). The molecule has 2 N–H and O–H groups in total. The van der Waals surface area contributed by atoms with Crippen molar-refractivity contribution in [2.45, 2.75) is 6.54 Å². The Kier molecular flexibility index (Phi) is 4.76. The lowest BCUT2D eigenvalue weighted by molar-refractivity contribution is 0.0696. The molecule has 0 atom stereocenters. The Morgan fingerprint density at radius 2 is 2.22 bits per heavy atom. The predicted octanol–water partition coefficient (Wildman–Crippen LogP) is 1.16. The number of carboxylic acids is 1. The highest BCUT2D eigenvalue weighted by Crippen LogP contribution is 2.05. The number of terminal acetylenes is 1. The number of nitrogens with zero attached hydrogens (tertiary/aromatic N) is 1. The minimum atomic E-state index is -0.993. The second kappa shape index (κ2) is 6.30. The minimum absolute atomic E-state index is 0.193. The molecule has 18 heavy (non-hydrogen) atoms. The van der Waals surface area contributed by atoms with Gasteiger partial charge >= 0.3 is 12.0 Å². The molecule has 1 aromatic carbocycles. The van der Waals surface area contributed by atoms with Crippen LogP contribution in [0.25, 0.3) is 0 Å². The summed E-state index contributed by atoms with van der Waals surface area (Å²) >= 11 is 0. The minimum Gasteiger partial charge on any atom is -0.478 e. The number of aromatic carboxylic acids is 1. The van der Waals surface area contributed by atoms with Crippen LogP contribution in [0.1, 0.15) is 15.9 Å². The molecule has 0 aromatic heterocycles. The van der Waals surface area contributed by atoms with Crippen LogP contribution in [0.2, 0.25) is 0 Å². The van der Waals surface area contributed by atoms with Crippen LogP contribution in [0.15, 0.2) is 24.3 Å². The van der Waals surface area contributed by atoms with E-state index < -0.39 is 5.97 Å². The van der Waals surface area contributed by atoms with E-state index in [1.54, 1.807) is 19.2 Å². The van der Waals surface area contributed by atoms with Gasteiger partial charge in [0.2, 0.25) is 0 Å². The van der Waals surface area contributed by atoms with Gasteiger partial charge in [0.05, 0.1) is 12.1 Å². The van der Waals surface area contributed by atoms with E-state index in [1.807, 2.05) is 0 Å². The molecule has 1 aromatic rings. The summed E-state index contributed by atoms with van der Waals surface area (Å²) in [4.78, 5) is 23.7. The van der Waals surface area contributed by atoms with Crippen LogP contribution in [0.3, 0.4) is 0 Å². The fourth-order valence-corrected chi connectivity index (χ4v) is 1.34. The summed E-state index contributed by atoms with van der Waals surface area (Å²) in [6.07, 6.45) is 5.09. The van der Waals surface area contributed by atoms with Gasteiger partial charge in [-0.15, -0.1) is 6.42 Å². The SMILES string of the molecule is C#CCN(C)C(=O)NCc1cccc(C(=O)O)c1. The summed E-state index contributed by atoms with van der Waals surface area (Å²) in [6.45, 7) is 0.482. The van der Waals surface area contributed by atoms with Gasteiger partial charge < -0.3 is 15.3 Å². The van der Waals surface area contributed by atoms with E-state index in [4.69, 9.17) is 11.5 Å². The van der Waals surface area contributed by atoms with Crippen LogP contribution in [0.5, 0.6) is 0 Å². The summed E-state index contributed by atoms with van der Waals surface area (Å²) < 4.78 is 0. The Morgan fingerprint density at radius 1 is 1.50 bits per heavy atom. The first-order valence-electron chi connectivity index (χ1n) is 5.29. The molecule has 0 aliphatic carbocycles. The van der Waals surface area contributed by atoms with Crippen molar-refractivity contribution in [2.75, 3.05) is 13.6 Å². The number of hydrogen-bond donors (Lipinski definition) is 2. The van der Waals surface area contributed by atoms with E-state index in [-0.39, 0.29) is 24.7 Å². The highest BCUT2D eigenvalue weighted by Gasteiger charge is 2.07. The van der Waals surface area contributed by atoms with Gasteiger partial charge in [-0.1, -0.05) is 18.1 Å². The summed E-state index contributed by atoms with van der Waals surface area (Å²) in [5, 5.41) is 11.5. The van der Waals surface area contributed by atoms with Crippen molar-refractivity contribution in [3.05, 3.63) is 35.4 Å². The molecule has 5 nitrogen and oxygen atoms in total. The molecule has 0 radical (unpaired) electrons. The summed E-state index contributed by atoms with van der Waals surface area (Å²) in [7, 11) is 1.59. The number of amides is 2. The quantitative estimate of drug-likeness (QED) is 0.783. The van der Waals surface area contributed by atoms with Gasteiger partial charge in [-0.05, 0) is 17.7 Å². The number of carboxylic acid groups (broad SMARTS) is 1. The lowest BCUT2D eigenvalue weighted by Crippen LogP contribution is -2.37. The fraction of sp³-hybridized carbons (Fsp3) is 0.231. The van der Waals surface area contributed by atoms with Gasteiger partial charge in [0.25, 0.3) is 0 Å². The first kappa shape index (κ1) is 13.6. The van der Waals surface area contributed by atoms with E-state index in [2.05, 4.69) is 11.2 Å². The molecule has 0 saturated carbocycles. The number of carbonyl (C=O) groups excluding carboxylic acids is 1. The number of hydrogen-bond acceptors (Lipinski definition) is 2. The van der Waals surface area contributed by atoms with Crippen molar-refractivity contribution < 1.29 is 14.7 Å². The maximum Gasteiger partial charge on any atom is 0.335 e. The molecular weight excluding hydrogens is 232 g/mol. The van der Waals surface area contributed by atoms with Gasteiger partial charge in [-0.25, -0.2) is 9.59 Å². The van der Waals surface area contributed by atoms with Gasteiger partial charge in [0, 0.05) is 13.6 Å². The monoisotopic (exact) mass is 246 g/mol. The van der Waals surface area contributed by atoms with E-state index in [0.29, 0.717) is 0 Å². The third-order valence-corrected chi connectivity index (χ3v) is 2.29. The van der Waals surface area contributed by atoms with Gasteiger partial charge in [0.15, 0.2) is 0 Å². The van der Waals surface area contributed by atoms with E-state index in [9.17, 15) is 9.59 Å². The molecule has 0 saturated heterocycles. The van der Waals surface area contributed by atoms with Crippen molar-refractivity contribution in [2.24, 2.45) is 0 Å². The largest absolute Gasteiger partial charge is 0.478 e. The Morgan fingerprint density at radius 3 is 2.83 bits per heavy atom. The standard InChI is InChI=1S/C13H14N2O3/c1-3-7-15(2)13(18)14-9-10-5-4-6-11(8-10)12(16)17/h1,4-6,8H,7,9H2,2H3,(H,14,18)(H,16,17). The molecular formula is C13H14N2O3. The van der Waals surface area contributed by atoms with Crippen molar-refractivity contribution in [3.8, 4) is 12.3 Å². The molecule has 0 spiro atoms. The molecule has 0 fully saturated rings. The third-order valence-electron chi connectivity index (χ3n) is 2.29. The van der Waals surface area contributed by atoms with Crippen LogP contribution in [0.4, 0.5) is 4.79 Å². The number of nitrogens with one attached hydrogen (secondary N) is 1. The molecule has 94 valence electrons. The highest BCUT2D eigenvalue weighted by molar-refractivity contribution is 5.87. The maximum absolute atomic E-state index is 11.5. The van der Waals surface area contributed by atoms with Crippen LogP contribution in [0, 0.1) is 12.3 Å². The van der Waals surface area contributed by atoms with Crippen LogP contribution in [-0.2, 0) is 6.54 Å². The lowest BCUT2D eigenvalue weighted by atomic mass is 10.1. The second-order valence-electron chi connectivity index (χ2n) is 3.72. The second-order valence-corrected chi connectivity index (χ2v) is 3.72. The van der Waals surface area contributed by atoms with Crippen molar-refractivity contribution in [1.29, 1.82) is 0 Å². The van der Waals surface area contributed by atoms with Crippen LogP contribution in [-0.4, -0.2) is 35.6 Å². The van der Waals surface area contributed by atoms with Crippen LogP contribution >= 0.6 is 0 Å². The van der Waals surface area contributed by atoms with Crippen molar-refractivity contribution in [1.82, 2.24) is 10.2 Å². The smallest absolute Gasteiger partial charge is 0.335 e. The molecule has 0 unspecified atom stereocenters. The first-order chi connectivity index (χ1) is 8.54. The van der Waals surface area contributed by atoms with Gasteiger partial charge in [-0.2, -0.15) is 0 Å². The zero-order valence-corrected chi connectivity index (χ0v) is 10.0. The van der Waals surface area contributed by atoms with E-state index >= 15 is 0 Å². The average Bonchev–Trinajstić information content (AvgIpc) is 2.36. The Balaban J connectivity index is 2.59. The number of urea groups is 1. The van der Waals surface area contributed by atoms with Crippen molar-refractivity contribution >= 4 is 12.0 Å². The fourth-order valence-electron chi connectivity index (χ4n) is 1.34. The average molecular weight is 246 g/mol. The van der Waals surface area contributed by atoms with E-state index in [1.165, 1.54) is 17.0 Å². The maximum atomic E-state index is 11.5. The Labute approximate surface area is 105 Å². The molecule has 0 aliphatic rings. The Bertz CT molecular complexity index is 491. The number of carbonyl (C=O) groups is 2. The van der Waals surface area contributed by atoms with Gasteiger partial charge in [0.1, 0.15) is 0 Å². The zero-order valence-electron chi connectivity index (χ0n) is 10.0. The number of benzene rings is 1. The third kappa shape index (κ3) is 3.83. The van der Waals surface area contributed by atoms with Crippen LogP contribution < -0.4 is 5.32 Å². The zero-order chi connectivity index (χ0) is 13.5. The van der Waals surface area contributed by atoms with E-state index in [0.717, 1.165) is 5.56 Å². The van der Waals surface area contributed by atoms with Crippen molar-refractivity contribution in [3.63, 3.8) is 0 Å². The summed E-state index contributed by atoms with van der Waals surface area (Å²) in [5.74, 6) is 1.37. The molecule has 5 heteroatoms. The molecule has 0 bridgehead atoms. The summed E-state index contributed by atoms with van der Waals surface area (Å²) in [5.41, 5.74) is 0.913. The molecule has 0 heterocycles. The molecule has 2 amide bonds. The molecule has 0 aliphatic heterocycles. The predicted molar refractivity (Wildman–Crippen MR) is 67.1 cm³/mol. The first-order valence-corrected chi connectivity index (χ1v) is 5.29. The lowest BCUT2D eigenvalue weighted by Gasteiger charge is -2.15. The Hall–Kier alpha value is -2.48. The van der Waals surface area contributed by atoms with Gasteiger partial charge in [-0.3, -0.25) is 0 Å². The normalized spacial score (nSPS) is 9.33. The number of rotatable bonds is 4.